The van der Waals surface area contributed by atoms with Crippen LogP contribution in [0.3, 0.4) is 0 Å². The second-order valence-electron chi connectivity index (χ2n) is 3.55. The van der Waals surface area contributed by atoms with Gasteiger partial charge in [-0.1, -0.05) is 0 Å². The molecule has 0 radical (unpaired) electrons. The molecule has 1 aliphatic heterocycles. The minimum atomic E-state index is -1.62. The SMILES string of the molecule is NCC1CN(c2ccc(F)c(F)c2F)C(=O)O1. The smallest absolute Gasteiger partial charge is 0.414 e. The second-order valence-corrected chi connectivity index (χ2v) is 3.55. The van der Waals surface area contributed by atoms with Crippen molar-refractivity contribution in [2.75, 3.05) is 18.0 Å². The number of anilines is 1. The maximum absolute atomic E-state index is 13.4. The third kappa shape index (κ3) is 1.93. The van der Waals surface area contributed by atoms with E-state index in [-0.39, 0.29) is 18.8 Å². The molecule has 1 unspecified atom stereocenters. The number of nitrogens with two attached hydrogens (primary N) is 1. The Labute approximate surface area is 94.8 Å². The van der Waals surface area contributed by atoms with Crippen LogP contribution in [0, 0.1) is 17.5 Å². The fraction of sp³-hybridized carbons (Fsp3) is 0.300. The summed E-state index contributed by atoms with van der Waals surface area (Å²) in [5, 5.41) is 0. The summed E-state index contributed by atoms with van der Waals surface area (Å²) in [7, 11) is 0. The summed E-state index contributed by atoms with van der Waals surface area (Å²) < 4.78 is 43.9. The number of carbonyl (C=O) groups is 1. The van der Waals surface area contributed by atoms with E-state index >= 15 is 0 Å². The minimum absolute atomic E-state index is 0.0112. The molecule has 0 saturated carbocycles. The van der Waals surface area contributed by atoms with Gasteiger partial charge in [-0.3, -0.25) is 4.90 Å². The first-order valence-electron chi connectivity index (χ1n) is 4.86. The fourth-order valence-corrected chi connectivity index (χ4v) is 1.57. The van der Waals surface area contributed by atoms with Crippen molar-refractivity contribution in [3.63, 3.8) is 0 Å². The number of ether oxygens (including phenoxy) is 1. The lowest BCUT2D eigenvalue weighted by molar-refractivity contribution is 0.145. The number of hydrogen-bond donors (Lipinski definition) is 1. The molecule has 1 amide bonds. The molecular formula is C10H9F3N2O2. The molecule has 7 heteroatoms. The number of amides is 1. The minimum Gasteiger partial charge on any atom is -0.443 e. The first kappa shape index (κ1) is 11.7. The van der Waals surface area contributed by atoms with Crippen molar-refractivity contribution in [3.05, 3.63) is 29.6 Å². The van der Waals surface area contributed by atoms with Gasteiger partial charge in [-0.05, 0) is 12.1 Å². The monoisotopic (exact) mass is 246 g/mol. The Kier molecular flexibility index (Phi) is 2.93. The van der Waals surface area contributed by atoms with Crippen molar-refractivity contribution in [3.8, 4) is 0 Å². The summed E-state index contributed by atoms with van der Waals surface area (Å²) >= 11 is 0. The summed E-state index contributed by atoms with van der Waals surface area (Å²) in [4.78, 5) is 12.2. The number of nitrogens with zero attached hydrogens (tertiary/aromatic N) is 1. The summed E-state index contributed by atoms with van der Waals surface area (Å²) in [6.07, 6.45) is -1.40. The van der Waals surface area contributed by atoms with Crippen molar-refractivity contribution >= 4 is 11.8 Å². The summed E-state index contributed by atoms with van der Waals surface area (Å²) in [6.45, 7) is 0.0882. The number of cyclic esters (lactones) is 1. The molecule has 17 heavy (non-hydrogen) atoms. The number of carbonyl (C=O) groups excluding carboxylic acids is 1. The van der Waals surface area contributed by atoms with Crippen molar-refractivity contribution < 1.29 is 22.7 Å². The first-order valence-corrected chi connectivity index (χ1v) is 4.86. The van der Waals surface area contributed by atoms with E-state index in [9.17, 15) is 18.0 Å². The molecule has 1 fully saturated rings. The van der Waals surface area contributed by atoms with Gasteiger partial charge in [0, 0.05) is 6.54 Å². The summed E-state index contributed by atoms with van der Waals surface area (Å²) in [5.41, 5.74) is 4.94. The largest absolute Gasteiger partial charge is 0.443 e. The Balaban J connectivity index is 2.35. The highest BCUT2D eigenvalue weighted by atomic mass is 19.2. The molecule has 1 atom stereocenters. The molecule has 4 nitrogen and oxygen atoms in total. The van der Waals surface area contributed by atoms with Gasteiger partial charge in [0.1, 0.15) is 6.10 Å². The highest BCUT2D eigenvalue weighted by molar-refractivity contribution is 5.89. The van der Waals surface area contributed by atoms with Gasteiger partial charge in [-0.2, -0.15) is 0 Å². The molecule has 1 heterocycles. The lowest BCUT2D eigenvalue weighted by Gasteiger charge is -2.14. The van der Waals surface area contributed by atoms with Crippen LogP contribution in [-0.4, -0.2) is 25.3 Å². The number of hydrogen-bond acceptors (Lipinski definition) is 3. The first-order chi connectivity index (χ1) is 8.04. The molecule has 2 N–H and O–H groups in total. The van der Waals surface area contributed by atoms with Gasteiger partial charge in [0.15, 0.2) is 17.5 Å². The number of rotatable bonds is 2. The molecule has 1 aromatic carbocycles. The molecule has 1 aliphatic rings. The topological polar surface area (TPSA) is 55.6 Å². The van der Waals surface area contributed by atoms with Gasteiger partial charge in [-0.15, -0.1) is 0 Å². The lowest BCUT2D eigenvalue weighted by atomic mass is 10.2. The van der Waals surface area contributed by atoms with E-state index in [1.54, 1.807) is 0 Å². The van der Waals surface area contributed by atoms with Crippen LogP contribution in [0.2, 0.25) is 0 Å². The van der Waals surface area contributed by atoms with Gasteiger partial charge in [0.25, 0.3) is 0 Å². The predicted molar refractivity (Wildman–Crippen MR) is 53.0 cm³/mol. The summed E-state index contributed by atoms with van der Waals surface area (Å²) in [5.74, 6) is -4.35. The Bertz CT molecular complexity index is 467. The van der Waals surface area contributed by atoms with E-state index < -0.39 is 29.6 Å². The Morgan fingerprint density at radius 1 is 1.35 bits per heavy atom. The Hall–Kier alpha value is -1.76. The molecule has 1 saturated heterocycles. The maximum Gasteiger partial charge on any atom is 0.414 e. The predicted octanol–water partition coefficient (Wildman–Crippen LogP) is 1.39. The van der Waals surface area contributed by atoms with Crippen molar-refractivity contribution in [2.24, 2.45) is 5.73 Å². The van der Waals surface area contributed by atoms with Crippen LogP contribution in [0.1, 0.15) is 0 Å². The van der Waals surface area contributed by atoms with Gasteiger partial charge in [-0.25, -0.2) is 18.0 Å². The van der Waals surface area contributed by atoms with E-state index in [4.69, 9.17) is 10.5 Å². The zero-order valence-corrected chi connectivity index (χ0v) is 8.62. The van der Waals surface area contributed by atoms with E-state index in [0.717, 1.165) is 17.0 Å². The fourth-order valence-electron chi connectivity index (χ4n) is 1.57. The number of benzene rings is 1. The Morgan fingerprint density at radius 3 is 2.65 bits per heavy atom. The third-order valence-corrected chi connectivity index (χ3v) is 2.44. The van der Waals surface area contributed by atoms with Crippen LogP contribution in [0.5, 0.6) is 0 Å². The average Bonchev–Trinajstić information content (AvgIpc) is 2.68. The highest BCUT2D eigenvalue weighted by Gasteiger charge is 2.34. The second kappa shape index (κ2) is 4.25. The molecule has 1 aromatic rings. The Morgan fingerprint density at radius 2 is 2.06 bits per heavy atom. The van der Waals surface area contributed by atoms with Crippen LogP contribution in [0.4, 0.5) is 23.7 Å². The van der Waals surface area contributed by atoms with Crippen LogP contribution in [-0.2, 0) is 4.74 Å². The molecule has 0 aliphatic carbocycles. The van der Waals surface area contributed by atoms with Crippen molar-refractivity contribution in [2.45, 2.75) is 6.10 Å². The normalized spacial score (nSPS) is 19.6. The molecule has 0 aromatic heterocycles. The molecule has 0 spiro atoms. The number of halogens is 3. The van der Waals surface area contributed by atoms with E-state index in [1.807, 2.05) is 0 Å². The molecule has 0 bridgehead atoms. The molecule has 92 valence electrons. The summed E-state index contributed by atoms with van der Waals surface area (Å²) in [6, 6.07) is 1.73. The third-order valence-electron chi connectivity index (χ3n) is 2.44. The molecular weight excluding hydrogens is 237 g/mol. The zero-order chi connectivity index (χ0) is 12.6. The lowest BCUT2D eigenvalue weighted by Crippen LogP contribution is -2.28. The zero-order valence-electron chi connectivity index (χ0n) is 8.62. The van der Waals surface area contributed by atoms with E-state index in [2.05, 4.69) is 0 Å². The van der Waals surface area contributed by atoms with Crippen molar-refractivity contribution in [1.29, 1.82) is 0 Å². The average molecular weight is 246 g/mol. The van der Waals surface area contributed by atoms with E-state index in [1.165, 1.54) is 0 Å². The van der Waals surface area contributed by atoms with Gasteiger partial charge in [0.05, 0.1) is 12.2 Å². The standard InChI is InChI=1S/C10H9F3N2O2/c11-6-1-2-7(9(13)8(6)12)15-4-5(3-14)17-10(15)16/h1-2,5H,3-4,14H2. The van der Waals surface area contributed by atoms with Crippen molar-refractivity contribution in [1.82, 2.24) is 0 Å². The quantitative estimate of drug-likeness (QED) is 0.802. The van der Waals surface area contributed by atoms with Crippen LogP contribution < -0.4 is 10.6 Å². The van der Waals surface area contributed by atoms with Gasteiger partial charge >= 0.3 is 6.09 Å². The highest BCUT2D eigenvalue weighted by Crippen LogP contribution is 2.27. The van der Waals surface area contributed by atoms with Crippen LogP contribution >= 0.6 is 0 Å². The van der Waals surface area contributed by atoms with Crippen LogP contribution in [0.25, 0.3) is 0 Å². The van der Waals surface area contributed by atoms with Crippen LogP contribution in [0.15, 0.2) is 12.1 Å². The van der Waals surface area contributed by atoms with E-state index in [0.29, 0.717) is 0 Å². The molecule has 2 rings (SSSR count). The maximum atomic E-state index is 13.4. The van der Waals surface area contributed by atoms with Gasteiger partial charge < -0.3 is 10.5 Å². The van der Waals surface area contributed by atoms with Gasteiger partial charge in [0.2, 0.25) is 0 Å².